The predicted octanol–water partition coefficient (Wildman–Crippen LogP) is 1.85. The van der Waals surface area contributed by atoms with Crippen molar-refractivity contribution in [2.24, 2.45) is 0 Å². The van der Waals surface area contributed by atoms with E-state index in [2.05, 4.69) is 10.9 Å². The zero-order chi connectivity index (χ0) is 17.5. The molecule has 0 aromatic heterocycles. The molecule has 0 bridgehead atoms. The lowest BCUT2D eigenvalue weighted by atomic mass is 10.1. The van der Waals surface area contributed by atoms with Crippen molar-refractivity contribution in [3.8, 4) is 11.5 Å². The highest BCUT2D eigenvalue weighted by molar-refractivity contribution is 5.95. The summed E-state index contributed by atoms with van der Waals surface area (Å²) in [7, 11) is 3.03. The minimum absolute atomic E-state index is 0.0108. The second kappa shape index (κ2) is 7.96. The molecule has 2 aromatic carbocycles. The Kier molecular flexibility index (Phi) is 5.73. The normalized spacial score (nSPS) is 9.96. The molecule has 0 fully saturated rings. The van der Waals surface area contributed by atoms with Crippen molar-refractivity contribution in [1.29, 1.82) is 0 Å². The topological polar surface area (TPSA) is 76.7 Å². The van der Waals surface area contributed by atoms with Gasteiger partial charge in [0.25, 0.3) is 5.91 Å². The number of carbonyl (C=O) groups excluding carboxylic acids is 2. The van der Waals surface area contributed by atoms with Gasteiger partial charge in [-0.2, -0.15) is 0 Å². The van der Waals surface area contributed by atoms with E-state index >= 15 is 0 Å². The third kappa shape index (κ3) is 4.45. The Bertz CT molecular complexity index is 732. The van der Waals surface area contributed by atoms with Crippen molar-refractivity contribution < 1.29 is 23.5 Å². The van der Waals surface area contributed by atoms with E-state index in [4.69, 9.17) is 9.47 Å². The molecule has 0 saturated carbocycles. The molecule has 0 spiro atoms. The number of hydrogen-bond acceptors (Lipinski definition) is 4. The van der Waals surface area contributed by atoms with Crippen LogP contribution in [0.25, 0.3) is 0 Å². The molecule has 2 aromatic rings. The van der Waals surface area contributed by atoms with Gasteiger partial charge in [0.2, 0.25) is 5.91 Å². The van der Waals surface area contributed by atoms with Gasteiger partial charge in [0.1, 0.15) is 17.3 Å². The van der Waals surface area contributed by atoms with Crippen LogP contribution < -0.4 is 20.3 Å². The summed E-state index contributed by atoms with van der Waals surface area (Å²) in [4.78, 5) is 23.8. The lowest BCUT2D eigenvalue weighted by Crippen LogP contribution is -2.42. The zero-order valence-corrected chi connectivity index (χ0v) is 13.3. The molecule has 0 atom stereocenters. The molecule has 2 N–H and O–H groups in total. The molecular weight excluding hydrogens is 315 g/mol. The second-order valence-electron chi connectivity index (χ2n) is 4.86. The first-order valence-corrected chi connectivity index (χ1v) is 7.09. The first kappa shape index (κ1) is 17.3. The highest BCUT2D eigenvalue weighted by Gasteiger charge is 2.11. The molecular formula is C17H17FN2O4. The number of amides is 2. The molecule has 126 valence electrons. The van der Waals surface area contributed by atoms with Crippen molar-refractivity contribution >= 4 is 11.8 Å². The van der Waals surface area contributed by atoms with Crippen molar-refractivity contribution in [2.45, 2.75) is 6.42 Å². The number of hydrazine groups is 1. The number of methoxy groups -OCH3 is 2. The molecule has 2 rings (SSSR count). The lowest BCUT2D eigenvalue weighted by Gasteiger charge is -2.11. The predicted molar refractivity (Wildman–Crippen MR) is 85.3 cm³/mol. The van der Waals surface area contributed by atoms with Crippen LogP contribution in [0.1, 0.15) is 15.9 Å². The average molecular weight is 332 g/mol. The van der Waals surface area contributed by atoms with Gasteiger partial charge in [-0.1, -0.05) is 6.07 Å². The molecule has 7 heteroatoms. The second-order valence-corrected chi connectivity index (χ2v) is 4.86. The summed E-state index contributed by atoms with van der Waals surface area (Å²) in [6, 6.07) is 10.1. The molecule has 0 saturated heterocycles. The molecule has 0 radical (unpaired) electrons. The molecule has 0 heterocycles. The fourth-order valence-electron chi connectivity index (χ4n) is 2.01. The van der Waals surface area contributed by atoms with E-state index in [1.807, 2.05) is 0 Å². The maximum atomic E-state index is 12.8. The van der Waals surface area contributed by atoms with Crippen LogP contribution in [-0.2, 0) is 11.2 Å². The molecule has 6 nitrogen and oxygen atoms in total. The van der Waals surface area contributed by atoms with E-state index in [1.54, 1.807) is 18.2 Å². The summed E-state index contributed by atoms with van der Waals surface area (Å²) >= 11 is 0. The standard InChI is InChI=1S/C17H17FN2O4/c1-23-14-8-5-12(15(10-14)24-2)9-16(21)19-20-17(22)11-3-6-13(18)7-4-11/h3-8,10H,9H2,1-2H3,(H,19,21)(H,20,22). The molecule has 0 aliphatic heterocycles. The van der Waals surface area contributed by atoms with Gasteiger partial charge in [-0.05, 0) is 30.3 Å². The Balaban J connectivity index is 1.93. The minimum Gasteiger partial charge on any atom is -0.497 e. The van der Waals surface area contributed by atoms with Crippen molar-refractivity contribution in [3.05, 3.63) is 59.4 Å². The number of halogens is 1. The third-order valence-corrected chi connectivity index (χ3v) is 3.27. The largest absolute Gasteiger partial charge is 0.497 e. The smallest absolute Gasteiger partial charge is 0.269 e. The molecule has 0 unspecified atom stereocenters. The fraction of sp³-hybridized carbons (Fsp3) is 0.176. The Morgan fingerprint density at radius 1 is 1.00 bits per heavy atom. The maximum Gasteiger partial charge on any atom is 0.269 e. The number of hydrogen-bond donors (Lipinski definition) is 2. The van der Waals surface area contributed by atoms with Gasteiger partial charge >= 0.3 is 0 Å². The summed E-state index contributed by atoms with van der Waals surface area (Å²) in [6.45, 7) is 0. The van der Waals surface area contributed by atoms with Crippen LogP contribution >= 0.6 is 0 Å². The molecule has 2 amide bonds. The Morgan fingerprint density at radius 3 is 2.33 bits per heavy atom. The molecule has 24 heavy (non-hydrogen) atoms. The number of ether oxygens (including phenoxy) is 2. The van der Waals surface area contributed by atoms with E-state index in [0.29, 0.717) is 17.1 Å². The number of benzene rings is 2. The SMILES string of the molecule is COc1ccc(CC(=O)NNC(=O)c2ccc(F)cc2)c(OC)c1. The molecule has 0 aliphatic rings. The number of carbonyl (C=O) groups is 2. The number of nitrogens with one attached hydrogen (secondary N) is 2. The first-order chi connectivity index (χ1) is 11.5. The van der Waals surface area contributed by atoms with E-state index in [0.717, 1.165) is 0 Å². The summed E-state index contributed by atoms with van der Waals surface area (Å²) in [5.41, 5.74) is 5.46. The monoisotopic (exact) mass is 332 g/mol. The first-order valence-electron chi connectivity index (χ1n) is 7.09. The Labute approximate surface area is 138 Å². The van der Waals surface area contributed by atoms with Crippen LogP contribution in [0.5, 0.6) is 11.5 Å². The average Bonchev–Trinajstić information content (AvgIpc) is 2.60. The zero-order valence-electron chi connectivity index (χ0n) is 13.3. The van der Waals surface area contributed by atoms with Gasteiger partial charge in [0.15, 0.2) is 0 Å². The summed E-state index contributed by atoms with van der Waals surface area (Å²) in [5.74, 6) is -0.281. The molecule has 0 aliphatic carbocycles. The van der Waals surface area contributed by atoms with Crippen LogP contribution in [0.2, 0.25) is 0 Å². The van der Waals surface area contributed by atoms with E-state index in [1.165, 1.54) is 38.5 Å². The van der Waals surface area contributed by atoms with Gasteiger partial charge in [-0.25, -0.2) is 4.39 Å². The fourth-order valence-corrected chi connectivity index (χ4v) is 2.01. The van der Waals surface area contributed by atoms with Gasteiger partial charge in [0, 0.05) is 17.2 Å². The highest BCUT2D eigenvalue weighted by atomic mass is 19.1. The summed E-state index contributed by atoms with van der Waals surface area (Å²) < 4.78 is 23.1. The van der Waals surface area contributed by atoms with Crippen LogP contribution in [0.15, 0.2) is 42.5 Å². The highest BCUT2D eigenvalue weighted by Crippen LogP contribution is 2.24. The Morgan fingerprint density at radius 2 is 1.71 bits per heavy atom. The van der Waals surface area contributed by atoms with E-state index in [-0.39, 0.29) is 12.0 Å². The van der Waals surface area contributed by atoms with Crippen LogP contribution in [0, 0.1) is 5.82 Å². The van der Waals surface area contributed by atoms with Crippen LogP contribution in [-0.4, -0.2) is 26.0 Å². The quantitative estimate of drug-likeness (QED) is 0.819. The van der Waals surface area contributed by atoms with Gasteiger partial charge in [-0.3, -0.25) is 20.4 Å². The third-order valence-electron chi connectivity index (χ3n) is 3.27. The Hall–Kier alpha value is -3.09. The minimum atomic E-state index is -0.537. The van der Waals surface area contributed by atoms with Crippen LogP contribution in [0.3, 0.4) is 0 Å². The maximum absolute atomic E-state index is 12.8. The van der Waals surface area contributed by atoms with Crippen molar-refractivity contribution in [1.82, 2.24) is 10.9 Å². The van der Waals surface area contributed by atoms with Crippen molar-refractivity contribution in [2.75, 3.05) is 14.2 Å². The van der Waals surface area contributed by atoms with Gasteiger partial charge in [0.05, 0.1) is 20.6 Å². The van der Waals surface area contributed by atoms with E-state index < -0.39 is 17.6 Å². The van der Waals surface area contributed by atoms with Gasteiger partial charge in [-0.15, -0.1) is 0 Å². The summed E-state index contributed by atoms with van der Waals surface area (Å²) in [5, 5.41) is 0. The lowest BCUT2D eigenvalue weighted by molar-refractivity contribution is -0.121. The van der Waals surface area contributed by atoms with Gasteiger partial charge < -0.3 is 9.47 Å². The summed E-state index contributed by atoms with van der Waals surface area (Å²) in [6.07, 6.45) is 0.0108. The van der Waals surface area contributed by atoms with E-state index in [9.17, 15) is 14.0 Å². The van der Waals surface area contributed by atoms with Crippen molar-refractivity contribution in [3.63, 3.8) is 0 Å². The number of rotatable bonds is 5. The van der Waals surface area contributed by atoms with Crippen LogP contribution in [0.4, 0.5) is 4.39 Å².